The minimum absolute atomic E-state index is 0.0330. The molecule has 0 amide bonds. The van der Waals surface area contributed by atoms with Crippen molar-refractivity contribution in [3.05, 3.63) is 42.0 Å². The molecule has 1 fully saturated rings. The third-order valence-electron chi connectivity index (χ3n) is 5.07. The molecule has 0 bridgehead atoms. The SMILES string of the molecule is CCCCc1ccc(OC(=O)C2CCC(CC/C=C/C#N)CC2)cc1. The Kier molecular flexibility index (Phi) is 8.25. The highest BCUT2D eigenvalue weighted by atomic mass is 16.5. The molecule has 0 aromatic heterocycles. The number of nitriles is 1. The molecule has 0 spiro atoms. The summed E-state index contributed by atoms with van der Waals surface area (Å²) in [4.78, 5) is 12.4. The Morgan fingerprint density at radius 2 is 1.96 bits per heavy atom. The lowest BCUT2D eigenvalue weighted by molar-refractivity contribution is -0.140. The van der Waals surface area contributed by atoms with Gasteiger partial charge in [-0.3, -0.25) is 4.79 Å². The van der Waals surface area contributed by atoms with Crippen LogP contribution in [0, 0.1) is 23.2 Å². The monoisotopic (exact) mass is 339 g/mol. The second-order valence-electron chi connectivity index (χ2n) is 7.00. The zero-order valence-electron chi connectivity index (χ0n) is 15.2. The summed E-state index contributed by atoms with van der Waals surface area (Å²) in [6.07, 6.45) is 13.0. The average Bonchev–Trinajstić information content (AvgIpc) is 2.65. The van der Waals surface area contributed by atoms with E-state index in [1.807, 2.05) is 24.3 Å². The summed E-state index contributed by atoms with van der Waals surface area (Å²) in [5.41, 5.74) is 1.30. The van der Waals surface area contributed by atoms with Gasteiger partial charge in [-0.15, -0.1) is 0 Å². The maximum Gasteiger partial charge on any atom is 0.314 e. The topological polar surface area (TPSA) is 50.1 Å². The lowest BCUT2D eigenvalue weighted by Gasteiger charge is -2.26. The van der Waals surface area contributed by atoms with Gasteiger partial charge in [0.25, 0.3) is 0 Å². The van der Waals surface area contributed by atoms with Gasteiger partial charge in [-0.05, 0) is 75.0 Å². The molecule has 1 aliphatic carbocycles. The first kappa shape index (κ1) is 19.2. The van der Waals surface area contributed by atoms with Crippen molar-refractivity contribution in [2.45, 2.75) is 64.7 Å². The molecule has 3 nitrogen and oxygen atoms in total. The van der Waals surface area contributed by atoms with E-state index in [9.17, 15) is 4.79 Å². The second-order valence-corrected chi connectivity index (χ2v) is 7.00. The first-order valence-electron chi connectivity index (χ1n) is 9.58. The Bertz CT molecular complexity index is 589. The standard InChI is InChI=1S/C22H29NO2/c1-2-3-7-18-11-15-21(16-12-18)25-22(24)20-13-9-19(10-14-20)8-5-4-6-17-23/h4,6,11-12,15-16,19-20H,2-3,5,7-10,13-14H2,1H3/b6-4+. The van der Waals surface area contributed by atoms with E-state index in [4.69, 9.17) is 10.00 Å². The van der Waals surface area contributed by atoms with Gasteiger partial charge in [0.15, 0.2) is 0 Å². The number of allylic oxidation sites excluding steroid dienone is 2. The molecule has 2 rings (SSSR count). The maximum atomic E-state index is 12.4. The largest absolute Gasteiger partial charge is 0.426 e. The van der Waals surface area contributed by atoms with Gasteiger partial charge in [0, 0.05) is 6.08 Å². The van der Waals surface area contributed by atoms with Gasteiger partial charge in [-0.25, -0.2) is 0 Å². The third kappa shape index (κ3) is 6.74. The van der Waals surface area contributed by atoms with E-state index in [0.29, 0.717) is 11.7 Å². The van der Waals surface area contributed by atoms with Gasteiger partial charge in [0.2, 0.25) is 0 Å². The summed E-state index contributed by atoms with van der Waals surface area (Å²) >= 11 is 0. The fraction of sp³-hybridized carbons (Fsp3) is 0.545. The molecular formula is C22H29NO2. The predicted molar refractivity (Wildman–Crippen MR) is 100 cm³/mol. The average molecular weight is 339 g/mol. The number of rotatable bonds is 8. The first-order chi connectivity index (χ1) is 12.2. The van der Waals surface area contributed by atoms with Crippen molar-refractivity contribution in [1.29, 1.82) is 5.26 Å². The van der Waals surface area contributed by atoms with Crippen molar-refractivity contribution in [2.24, 2.45) is 11.8 Å². The van der Waals surface area contributed by atoms with E-state index in [1.54, 1.807) is 6.08 Å². The molecule has 1 aromatic carbocycles. The van der Waals surface area contributed by atoms with Crippen LogP contribution in [0.2, 0.25) is 0 Å². The minimum atomic E-state index is -0.0795. The van der Waals surface area contributed by atoms with Crippen LogP contribution in [0.15, 0.2) is 36.4 Å². The highest BCUT2D eigenvalue weighted by Crippen LogP contribution is 2.32. The molecular weight excluding hydrogens is 310 g/mol. The molecule has 1 aliphatic rings. The number of aryl methyl sites for hydroxylation is 1. The molecule has 0 N–H and O–H groups in total. The Hall–Kier alpha value is -2.08. The predicted octanol–water partition coefficient (Wildman–Crippen LogP) is 5.60. The number of carbonyl (C=O) groups is 1. The van der Waals surface area contributed by atoms with Crippen LogP contribution in [-0.2, 0) is 11.2 Å². The summed E-state index contributed by atoms with van der Waals surface area (Å²) in [6.45, 7) is 2.19. The van der Waals surface area contributed by atoms with Crippen molar-refractivity contribution in [3.63, 3.8) is 0 Å². The van der Waals surface area contributed by atoms with Crippen LogP contribution in [0.1, 0.15) is 63.9 Å². The van der Waals surface area contributed by atoms with Crippen LogP contribution in [0.4, 0.5) is 0 Å². The number of hydrogen-bond donors (Lipinski definition) is 0. The maximum absolute atomic E-state index is 12.4. The summed E-state index contributed by atoms with van der Waals surface area (Å²) in [5, 5.41) is 8.49. The van der Waals surface area contributed by atoms with Crippen molar-refractivity contribution < 1.29 is 9.53 Å². The summed E-state index contributed by atoms with van der Waals surface area (Å²) < 4.78 is 5.58. The highest BCUT2D eigenvalue weighted by molar-refractivity contribution is 5.75. The lowest BCUT2D eigenvalue weighted by Crippen LogP contribution is -2.25. The van der Waals surface area contributed by atoms with Gasteiger partial charge in [0.1, 0.15) is 5.75 Å². The van der Waals surface area contributed by atoms with Crippen LogP contribution in [0.3, 0.4) is 0 Å². The van der Waals surface area contributed by atoms with E-state index in [2.05, 4.69) is 19.1 Å². The fourth-order valence-electron chi connectivity index (χ4n) is 3.46. The van der Waals surface area contributed by atoms with Gasteiger partial charge in [-0.2, -0.15) is 5.26 Å². The van der Waals surface area contributed by atoms with Crippen molar-refractivity contribution in [2.75, 3.05) is 0 Å². The van der Waals surface area contributed by atoms with E-state index in [0.717, 1.165) is 44.9 Å². The van der Waals surface area contributed by atoms with Gasteiger partial charge in [0.05, 0.1) is 12.0 Å². The Morgan fingerprint density at radius 1 is 1.24 bits per heavy atom. The molecule has 0 radical (unpaired) electrons. The van der Waals surface area contributed by atoms with Gasteiger partial charge < -0.3 is 4.74 Å². The molecule has 0 saturated heterocycles. The van der Waals surface area contributed by atoms with E-state index in [-0.39, 0.29) is 11.9 Å². The summed E-state index contributed by atoms with van der Waals surface area (Å²) in [5.74, 6) is 1.29. The quantitative estimate of drug-likeness (QED) is 0.352. The zero-order chi connectivity index (χ0) is 17.9. The van der Waals surface area contributed by atoms with Gasteiger partial charge in [-0.1, -0.05) is 31.6 Å². The molecule has 1 aromatic rings. The number of hydrogen-bond acceptors (Lipinski definition) is 3. The Morgan fingerprint density at radius 3 is 2.60 bits per heavy atom. The molecule has 3 heteroatoms. The summed E-state index contributed by atoms with van der Waals surface area (Å²) in [7, 11) is 0. The third-order valence-corrected chi connectivity index (χ3v) is 5.07. The number of unbranched alkanes of at least 4 members (excludes halogenated alkanes) is 1. The number of benzene rings is 1. The van der Waals surface area contributed by atoms with Crippen LogP contribution in [0.25, 0.3) is 0 Å². The number of nitrogens with zero attached hydrogens (tertiary/aromatic N) is 1. The normalized spacial score (nSPS) is 20.3. The fourth-order valence-corrected chi connectivity index (χ4v) is 3.46. The van der Waals surface area contributed by atoms with Crippen LogP contribution in [0.5, 0.6) is 5.75 Å². The van der Waals surface area contributed by atoms with Crippen LogP contribution in [-0.4, -0.2) is 5.97 Å². The van der Waals surface area contributed by atoms with Crippen molar-refractivity contribution >= 4 is 5.97 Å². The smallest absolute Gasteiger partial charge is 0.314 e. The molecule has 0 heterocycles. The molecule has 134 valence electrons. The second kappa shape index (κ2) is 10.7. The lowest BCUT2D eigenvalue weighted by atomic mass is 9.80. The Labute approximate surface area is 151 Å². The van der Waals surface area contributed by atoms with Gasteiger partial charge >= 0.3 is 5.97 Å². The first-order valence-corrected chi connectivity index (χ1v) is 9.58. The minimum Gasteiger partial charge on any atom is -0.426 e. The van der Waals surface area contributed by atoms with Crippen molar-refractivity contribution in [3.8, 4) is 11.8 Å². The Balaban J connectivity index is 1.73. The van der Waals surface area contributed by atoms with E-state index in [1.165, 1.54) is 18.4 Å². The molecule has 0 unspecified atom stereocenters. The van der Waals surface area contributed by atoms with Crippen LogP contribution < -0.4 is 4.74 Å². The summed E-state index contributed by atoms with van der Waals surface area (Å²) in [6, 6.07) is 9.97. The molecule has 1 saturated carbocycles. The highest BCUT2D eigenvalue weighted by Gasteiger charge is 2.27. The van der Waals surface area contributed by atoms with Crippen LogP contribution >= 0.6 is 0 Å². The molecule has 25 heavy (non-hydrogen) atoms. The molecule has 0 aliphatic heterocycles. The number of ether oxygens (including phenoxy) is 1. The number of carbonyl (C=O) groups excluding carboxylic acids is 1. The van der Waals surface area contributed by atoms with E-state index >= 15 is 0 Å². The van der Waals surface area contributed by atoms with E-state index < -0.39 is 0 Å². The van der Waals surface area contributed by atoms with Crippen molar-refractivity contribution in [1.82, 2.24) is 0 Å². The zero-order valence-corrected chi connectivity index (χ0v) is 15.2. The number of esters is 1. The molecule has 0 atom stereocenters.